The second kappa shape index (κ2) is 8.88. The second-order valence-electron chi connectivity index (χ2n) is 9.15. The molecule has 1 saturated heterocycles. The first kappa shape index (κ1) is 21.6. The summed E-state index contributed by atoms with van der Waals surface area (Å²) >= 11 is 1.02. The number of carbonyl (C=O) groups is 1. The third-order valence-electron chi connectivity index (χ3n) is 6.48. The Morgan fingerprint density at radius 2 is 1.83 bits per heavy atom. The average molecular weight is 451 g/mol. The van der Waals surface area contributed by atoms with Crippen molar-refractivity contribution in [2.45, 2.75) is 50.8 Å². The number of aromatic nitrogens is 2. The van der Waals surface area contributed by atoms with Crippen molar-refractivity contribution in [1.82, 2.24) is 18.4 Å². The molecule has 30 heavy (non-hydrogen) atoms. The van der Waals surface area contributed by atoms with Crippen LogP contribution in [-0.4, -0.2) is 47.6 Å². The van der Waals surface area contributed by atoms with E-state index in [1.165, 1.54) is 6.42 Å². The second-order valence-corrected chi connectivity index (χ2v) is 11.4. The maximum Gasteiger partial charge on any atom is 0.242 e. The molecule has 7 nitrogen and oxygen atoms in total. The number of nitrogens with one attached hydrogen (secondary N) is 1. The van der Waals surface area contributed by atoms with Crippen molar-refractivity contribution in [2.24, 2.45) is 23.7 Å². The third-order valence-corrected chi connectivity index (χ3v) is 8.47. The van der Waals surface area contributed by atoms with Crippen LogP contribution in [0.3, 0.4) is 0 Å². The summed E-state index contributed by atoms with van der Waals surface area (Å²) in [7, 11) is -3.64. The Balaban J connectivity index is 1.31. The zero-order valence-electron chi connectivity index (χ0n) is 17.6. The van der Waals surface area contributed by atoms with E-state index in [1.807, 2.05) is 0 Å². The van der Waals surface area contributed by atoms with E-state index in [1.54, 1.807) is 18.2 Å². The highest BCUT2D eigenvalue weighted by Crippen LogP contribution is 2.32. The van der Waals surface area contributed by atoms with Gasteiger partial charge in [-0.15, -0.1) is 0 Å². The molecule has 1 saturated carbocycles. The molecule has 164 valence electrons. The van der Waals surface area contributed by atoms with E-state index in [0.29, 0.717) is 35.3 Å². The Kier molecular flexibility index (Phi) is 6.41. The van der Waals surface area contributed by atoms with Crippen LogP contribution in [-0.2, 0) is 14.8 Å². The monoisotopic (exact) mass is 450 g/mol. The third kappa shape index (κ3) is 4.68. The fourth-order valence-electron chi connectivity index (χ4n) is 5.02. The lowest BCUT2D eigenvalue weighted by Gasteiger charge is -2.38. The summed E-state index contributed by atoms with van der Waals surface area (Å²) in [6, 6.07) is 5.03. The minimum absolute atomic E-state index is 0.0881. The van der Waals surface area contributed by atoms with E-state index in [0.717, 1.165) is 50.5 Å². The van der Waals surface area contributed by atoms with Crippen molar-refractivity contribution in [2.75, 3.05) is 19.6 Å². The van der Waals surface area contributed by atoms with Gasteiger partial charge in [0.05, 0.1) is 11.7 Å². The number of carbonyl (C=O) groups excluding carboxylic acids is 1. The van der Waals surface area contributed by atoms with Gasteiger partial charge >= 0.3 is 0 Å². The van der Waals surface area contributed by atoms with Gasteiger partial charge in [0, 0.05) is 25.6 Å². The van der Waals surface area contributed by atoms with Crippen LogP contribution in [0.1, 0.15) is 46.0 Å². The summed E-state index contributed by atoms with van der Waals surface area (Å²) in [6.45, 7) is 6.59. The molecule has 1 aliphatic carbocycles. The van der Waals surface area contributed by atoms with Crippen LogP contribution in [0, 0.1) is 23.7 Å². The van der Waals surface area contributed by atoms with Gasteiger partial charge in [0.2, 0.25) is 15.9 Å². The first-order valence-corrected chi connectivity index (χ1v) is 13.0. The highest BCUT2D eigenvalue weighted by Gasteiger charge is 2.33. The molecule has 2 fully saturated rings. The van der Waals surface area contributed by atoms with Crippen LogP contribution in [0.15, 0.2) is 23.1 Å². The lowest BCUT2D eigenvalue weighted by atomic mass is 9.80. The van der Waals surface area contributed by atoms with Gasteiger partial charge in [-0.05, 0) is 62.0 Å². The number of piperidine rings is 1. The topological polar surface area (TPSA) is 92.3 Å². The van der Waals surface area contributed by atoms with Gasteiger partial charge in [0.25, 0.3) is 0 Å². The zero-order valence-corrected chi connectivity index (χ0v) is 19.2. The predicted molar refractivity (Wildman–Crippen MR) is 118 cm³/mol. The van der Waals surface area contributed by atoms with Crippen LogP contribution in [0.2, 0.25) is 0 Å². The van der Waals surface area contributed by atoms with E-state index in [4.69, 9.17) is 0 Å². The fraction of sp³-hybridized carbons (Fsp3) is 0.667. The number of hydrogen-bond acceptors (Lipinski definition) is 6. The molecule has 2 atom stereocenters. The molecule has 1 amide bonds. The molecule has 2 aliphatic rings. The van der Waals surface area contributed by atoms with Gasteiger partial charge in [0.1, 0.15) is 15.9 Å². The van der Waals surface area contributed by atoms with Gasteiger partial charge in [-0.25, -0.2) is 13.1 Å². The SMILES string of the molecule is C[C@@H]1C[C@H](C)CN(C(=O)C2CCC(CNS(=O)(=O)c3cccc4nsnc34)CC2)C1. The fourth-order valence-corrected chi connectivity index (χ4v) is 6.90. The van der Waals surface area contributed by atoms with Crippen LogP contribution in [0.5, 0.6) is 0 Å². The molecule has 1 aliphatic heterocycles. The first-order chi connectivity index (χ1) is 14.3. The van der Waals surface area contributed by atoms with Gasteiger partial charge in [-0.3, -0.25) is 4.79 Å². The van der Waals surface area contributed by atoms with Gasteiger partial charge in [-0.1, -0.05) is 19.9 Å². The van der Waals surface area contributed by atoms with Crippen molar-refractivity contribution in [3.05, 3.63) is 18.2 Å². The van der Waals surface area contributed by atoms with Crippen molar-refractivity contribution >= 4 is 38.7 Å². The predicted octanol–water partition coefficient (Wildman–Crippen LogP) is 3.28. The smallest absolute Gasteiger partial charge is 0.242 e. The molecule has 0 bridgehead atoms. The number of hydrogen-bond donors (Lipinski definition) is 1. The molecular weight excluding hydrogens is 420 g/mol. The summed E-state index contributed by atoms with van der Waals surface area (Å²) in [5.41, 5.74) is 1.03. The minimum Gasteiger partial charge on any atom is -0.342 e. The molecule has 1 aromatic heterocycles. The molecule has 0 radical (unpaired) electrons. The Bertz CT molecular complexity index is 989. The molecule has 9 heteroatoms. The first-order valence-electron chi connectivity index (χ1n) is 10.8. The summed E-state index contributed by atoms with van der Waals surface area (Å²) in [6.07, 6.45) is 4.63. The molecule has 2 heterocycles. The molecular formula is C21H30N4O3S2. The summed E-state index contributed by atoms with van der Waals surface area (Å²) < 4.78 is 36.6. The lowest BCUT2D eigenvalue weighted by molar-refractivity contribution is -0.139. The lowest BCUT2D eigenvalue weighted by Crippen LogP contribution is -2.46. The van der Waals surface area contributed by atoms with Crippen LogP contribution < -0.4 is 4.72 Å². The van der Waals surface area contributed by atoms with E-state index >= 15 is 0 Å². The van der Waals surface area contributed by atoms with E-state index < -0.39 is 10.0 Å². The molecule has 4 rings (SSSR count). The highest BCUT2D eigenvalue weighted by molar-refractivity contribution is 7.89. The van der Waals surface area contributed by atoms with Gasteiger partial charge < -0.3 is 4.90 Å². The van der Waals surface area contributed by atoms with E-state index in [-0.39, 0.29) is 16.7 Å². The Morgan fingerprint density at radius 1 is 1.13 bits per heavy atom. The maximum atomic E-state index is 13.0. The van der Waals surface area contributed by atoms with Crippen LogP contribution in [0.25, 0.3) is 11.0 Å². The van der Waals surface area contributed by atoms with E-state index in [9.17, 15) is 13.2 Å². The van der Waals surface area contributed by atoms with Crippen molar-refractivity contribution in [3.8, 4) is 0 Å². The number of nitrogens with zero attached hydrogens (tertiary/aromatic N) is 3. The maximum absolute atomic E-state index is 13.0. The normalized spacial score (nSPS) is 28.0. The van der Waals surface area contributed by atoms with Crippen molar-refractivity contribution in [3.63, 3.8) is 0 Å². The molecule has 1 aromatic carbocycles. The molecule has 1 N–H and O–H groups in total. The zero-order chi connectivity index (χ0) is 21.3. The van der Waals surface area contributed by atoms with Crippen molar-refractivity contribution in [1.29, 1.82) is 0 Å². The largest absolute Gasteiger partial charge is 0.342 e. The number of likely N-dealkylation sites (tertiary alicyclic amines) is 1. The standard InChI is InChI=1S/C21H30N4O3S2/c1-14-10-15(2)13-25(12-14)21(26)17-8-6-16(7-9-17)11-22-30(27,28)19-5-3-4-18-20(19)24-29-23-18/h3-5,14-17,22H,6-13H2,1-2H3/t14-,15+,16?,17?. The Labute approximate surface area is 182 Å². The summed E-state index contributed by atoms with van der Waals surface area (Å²) in [4.78, 5) is 15.2. The molecule has 2 aromatic rings. The van der Waals surface area contributed by atoms with E-state index in [2.05, 4.69) is 32.2 Å². The Morgan fingerprint density at radius 3 is 2.53 bits per heavy atom. The number of fused-ring (bicyclic) bond motifs is 1. The average Bonchev–Trinajstić information content (AvgIpc) is 3.20. The quantitative estimate of drug-likeness (QED) is 0.755. The minimum atomic E-state index is -3.64. The number of rotatable bonds is 5. The molecule has 0 spiro atoms. The highest BCUT2D eigenvalue weighted by atomic mass is 32.2. The van der Waals surface area contributed by atoms with Crippen molar-refractivity contribution < 1.29 is 13.2 Å². The van der Waals surface area contributed by atoms with Gasteiger partial charge in [-0.2, -0.15) is 8.75 Å². The summed E-state index contributed by atoms with van der Waals surface area (Å²) in [5.74, 6) is 1.79. The number of benzene rings is 1. The number of sulfonamides is 1. The van der Waals surface area contributed by atoms with Gasteiger partial charge in [0.15, 0.2) is 0 Å². The van der Waals surface area contributed by atoms with Crippen LogP contribution in [0.4, 0.5) is 0 Å². The Hall–Kier alpha value is -1.58. The van der Waals surface area contributed by atoms with Crippen LogP contribution >= 0.6 is 11.7 Å². The summed E-state index contributed by atoms with van der Waals surface area (Å²) in [5, 5.41) is 0. The molecule has 0 unspecified atom stereocenters. The number of amides is 1.